The van der Waals surface area contributed by atoms with Crippen LogP contribution in [0, 0.1) is 0 Å². The van der Waals surface area contributed by atoms with Crippen molar-refractivity contribution in [3.63, 3.8) is 0 Å². The highest BCUT2D eigenvalue weighted by Gasteiger charge is 2.35. The minimum absolute atomic E-state index is 0.318. The molecule has 0 spiro atoms. The number of carboxylic acid groups (broad SMARTS) is 1. The molecule has 1 aromatic carbocycles. The first kappa shape index (κ1) is 19.3. The van der Waals surface area contributed by atoms with Crippen LogP contribution in [0.25, 0.3) is 0 Å². The van der Waals surface area contributed by atoms with Gasteiger partial charge in [0, 0.05) is 17.3 Å². The van der Waals surface area contributed by atoms with Crippen molar-refractivity contribution in [3.05, 3.63) is 46.6 Å². The predicted molar refractivity (Wildman–Crippen MR) is 103 cm³/mol. The third kappa shape index (κ3) is 3.96. The van der Waals surface area contributed by atoms with E-state index in [0.717, 1.165) is 5.56 Å². The number of ether oxygens (including phenoxy) is 2. The molecular formula is C18H17ClN2O5S. The molecule has 7 nitrogen and oxygen atoms in total. The van der Waals surface area contributed by atoms with Crippen molar-refractivity contribution in [2.45, 2.75) is 16.9 Å². The van der Waals surface area contributed by atoms with Crippen molar-refractivity contribution < 1.29 is 24.2 Å². The fraction of sp³-hybridized carbons (Fsp3) is 0.278. The number of nitrogens with zero attached hydrogens (tertiary/aromatic N) is 1. The van der Waals surface area contributed by atoms with Gasteiger partial charge in [-0.15, -0.1) is 11.8 Å². The molecule has 2 heterocycles. The molecule has 1 aromatic heterocycles. The summed E-state index contributed by atoms with van der Waals surface area (Å²) in [5, 5.41) is 11.1. The number of carboxylic acids is 1. The normalized spacial score (nSPS) is 18.9. The fourth-order valence-corrected chi connectivity index (χ4v) is 4.49. The molecule has 2 atom stereocenters. The van der Waals surface area contributed by atoms with Gasteiger partial charge in [0.2, 0.25) is 5.91 Å². The van der Waals surface area contributed by atoms with Gasteiger partial charge in [-0.25, -0.2) is 4.98 Å². The monoisotopic (exact) mass is 408 g/mol. The number of anilines is 1. The number of hydrogen-bond acceptors (Lipinski definition) is 6. The van der Waals surface area contributed by atoms with Gasteiger partial charge in [-0.05, 0) is 12.1 Å². The van der Waals surface area contributed by atoms with Gasteiger partial charge in [0.15, 0.2) is 11.5 Å². The van der Waals surface area contributed by atoms with Gasteiger partial charge in [-0.1, -0.05) is 23.7 Å². The van der Waals surface area contributed by atoms with E-state index in [-0.39, 0.29) is 6.42 Å². The Labute approximate surface area is 165 Å². The molecule has 0 bridgehead atoms. The van der Waals surface area contributed by atoms with Crippen LogP contribution in [0.2, 0.25) is 5.02 Å². The highest BCUT2D eigenvalue weighted by molar-refractivity contribution is 8.01. The fourth-order valence-electron chi connectivity index (χ4n) is 2.91. The van der Waals surface area contributed by atoms with Crippen LogP contribution in [0.3, 0.4) is 0 Å². The Kier molecular flexibility index (Phi) is 5.76. The van der Waals surface area contributed by atoms with Crippen LogP contribution in [-0.2, 0) is 9.59 Å². The number of carbonyl (C=O) groups excluding carboxylic acids is 1. The Morgan fingerprint density at radius 1 is 1.33 bits per heavy atom. The lowest BCUT2D eigenvalue weighted by atomic mass is 10.0. The van der Waals surface area contributed by atoms with Crippen molar-refractivity contribution >= 4 is 41.1 Å². The first-order chi connectivity index (χ1) is 12.9. The maximum Gasteiger partial charge on any atom is 0.305 e. The summed E-state index contributed by atoms with van der Waals surface area (Å²) in [6.45, 7) is 0. The number of amides is 1. The molecule has 2 unspecified atom stereocenters. The standard InChI is InChI=1S/C18H17ClN2O5S/c1-25-12-5-3-4-10(15(12)26-2)16-11-6-9(19)8-20-17(11)21-18(24)13(27-16)7-14(22)23/h3-6,8,13,16H,7H2,1-2H3,(H,22,23)(H,20,21,24). The number of aliphatic carboxylic acids is 1. The molecule has 9 heteroatoms. The summed E-state index contributed by atoms with van der Waals surface area (Å²) in [6, 6.07) is 7.13. The SMILES string of the molecule is COc1cccc(C2SC(CC(=O)O)C(=O)Nc3ncc(Cl)cc32)c1OC. The molecule has 1 aliphatic rings. The summed E-state index contributed by atoms with van der Waals surface area (Å²) >= 11 is 7.35. The van der Waals surface area contributed by atoms with Crippen LogP contribution >= 0.6 is 23.4 Å². The summed E-state index contributed by atoms with van der Waals surface area (Å²) in [7, 11) is 3.06. The summed E-state index contributed by atoms with van der Waals surface area (Å²) in [6.07, 6.45) is 1.11. The number of pyridine rings is 1. The Morgan fingerprint density at radius 2 is 2.11 bits per heavy atom. The number of aromatic nitrogens is 1. The Morgan fingerprint density at radius 3 is 2.78 bits per heavy atom. The van der Waals surface area contributed by atoms with Gasteiger partial charge in [-0.2, -0.15) is 0 Å². The molecule has 0 fully saturated rings. The Bertz CT molecular complexity index is 892. The molecule has 0 saturated heterocycles. The zero-order valence-corrected chi connectivity index (χ0v) is 16.1. The Balaban J connectivity index is 2.18. The van der Waals surface area contributed by atoms with Crippen molar-refractivity contribution in [1.29, 1.82) is 0 Å². The van der Waals surface area contributed by atoms with E-state index < -0.39 is 22.4 Å². The molecule has 2 aromatic rings. The van der Waals surface area contributed by atoms with E-state index >= 15 is 0 Å². The van der Waals surface area contributed by atoms with E-state index in [1.165, 1.54) is 32.2 Å². The van der Waals surface area contributed by atoms with Crippen molar-refractivity contribution in [2.24, 2.45) is 0 Å². The zero-order valence-electron chi connectivity index (χ0n) is 14.6. The average molecular weight is 409 g/mol. The highest BCUT2D eigenvalue weighted by Crippen LogP contribution is 2.49. The second-order valence-corrected chi connectivity index (χ2v) is 7.52. The first-order valence-electron chi connectivity index (χ1n) is 7.99. The minimum atomic E-state index is -1.06. The number of halogens is 1. The largest absolute Gasteiger partial charge is 0.493 e. The second-order valence-electron chi connectivity index (χ2n) is 5.77. The lowest BCUT2D eigenvalue weighted by Gasteiger charge is -2.22. The average Bonchev–Trinajstić information content (AvgIpc) is 2.77. The van der Waals surface area contributed by atoms with Crippen LogP contribution in [0.15, 0.2) is 30.5 Å². The number of nitrogens with one attached hydrogen (secondary N) is 1. The number of carbonyl (C=O) groups is 2. The van der Waals surface area contributed by atoms with Gasteiger partial charge in [0.05, 0.1) is 36.2 Å². The summed E-state index contributed by atoms with van der Waals surface area (Å²) in [5.74, 6) is -0.0873. The summed E-state index contributed by atoms with van der Waals surface area (Å²) < 4.78 is 10.9. The van der Waals surface area contributed by atoms with Crippen molar-refractivity contribution in [2.75, 3.05) is 19.5 Å². The molecule has 142 valence electrons. The van der Waals surface area contributed by atoms with Crippen LogP contribution < -0.4 is 14.8 Å². The molecule has 0 radical (unpaired) electrons. The summed E-state index contributed by atoms with van der Waals surface area (Å²) in [5.41, 5.74) is 1.40. The van der Waals surface area contributed by atoms with Crippen LogP contribution in [0.5, 0.6) is 11.5 Å². The van der Waals surface area contributed by atoms with E-state index in [1.54, 1.807) is 18.2 Å². The lowest BCUT2D eigenvalue weighted by Crippen LogP contribution is -2.26. The second kappa shape index (κ2) is 8.06. The quantitative estimate of drug-likeness (QED) is 0.782. The third-order valence-corrected chi connectivity index (χ3v) is 5.77. The number of rotatable bonds is 5. The minimum Gasteiger partial charge on any atom is -0.493 e. The van der Waals surface area contributed by atoms with Gasteiger partial charge in [0.1, 0.15) is 5.82 Å². The van der Waals surface area contributed by atoms with E-state index in [9.17, 15) is 14.7 Å². The number of hydrogen-bond donors (Lipinski definition) is 2. The topological polar surface area (TPSA) is 97.8 Å². The highest BCUT2D eigenvalue weighted by atomic mass is 35.5. The lowest BCUT2D eigenvalue weighted by molar-refractivity contribution is -0.138. The molecule has 1 aliphatic heterocycles. The number of para-hydroxylation sites is 1. The predicted octanol–water partition coefficient (Wildman–Crippen LogP) is 3.37. The number of fused-ring (bicyclic) bond motifs is 1. The number of methoxy groups -OCH3 is 2. The molecule has 2 N–H and O–H groups in total. The van der Waals surface area contributed by atoms with Crippen molar-refractivity contribution in [3.8, 4) is 11.5 Å². The summed E-state index contributed by atoms with van der Waals surface area (Å²) in [4.78, 5) is 28.0. The Hall–Kier alpha value is -2.45. The van der Waals surface area contributed by atoms with Crippen LogP contribution in [0.4, 0.5) is 5.82 Å². The molecular weight excluding hydrogens is 392 g/mol. The van der Waals surface area contributed by atoms with E-state index in [2.05, 4.69) is 10.3 Å². The van der Waals surface area contributed by atoms with E-state index in [0.29, 0.717) is 27.9 Å². The van der Waals surface area contributed by atoms with Crippen LogP contribution in [0.1, 0.15) is 22.8 Å². The molecule has 0 saturated carbocycles. The van der Waals surface area contributed by atoms with Gasteiger partial charge in [-0.3, -0.25) is 9.59 Å². The van der Waals surface area contributed by atoms with E-state index in [4.69, 9.17) is 21.1 Å². The smallest absolute Gasteiger partial charge is 0.305 e. The van der Waals surface area contributed by atoms with Gasteiger partial charge >= 0.3 is 5.97 Å². The molecule has 3 rings (SSSR count). The van der Waals surface area contributed by atoms with Gasteiger partial charge in [0.25, 0.3) is 0 Å². The van der Waals surface area contributed by atoms with Gasteiger partial charge < -0.3 is 19.9 Å². The number of thioether (sulfide) groups is 1. The maximum absolute atomic E-state index is 12.5. The first-order valence-corrected chi connectivity index (χ1v) is 9.31. The third-order valence-electron chi connectivity index (χ3n) is 4.08. The number of benzene rings is 1. The molecule has 27 heavy (non-hydrogen) atoms. The van der Waals surface area contributed by atoms with Crippen LogP contribution in [-0.4, -0.2) is 41.4 Å². The molecule has 0 aliphatic carbocycles. The maximum atomic E-state index is 12.5. The zero-order chi connectivity index (χ0) is 19.6. The van der Waals surface area contributed by atoms with E-state index in [1.807, 2.05) is 6.07 Å². The molecule has 1 amide bonds. The van der Waals surface area contributed by atoms with Crippen molar-refractivity contribution in [1.82, 2.24) is 4.98 Å².